The summed E-state index contributed by atoms with van der Waals surface area (Å²) in [6.45, 7) is 26.8. The van der Waals surface area contributed by atoms with Crippen LogP contribution in [0, 0.1) is 0 Å². The number of para-hydroxylation sites is 7. The number of rotatable bonds is 8. The molecule has 0 N–H and O–H groups in total. The highest BCUT2D eigenvalue weighted by Crippen LogP contribution is 2.42. The van der Waals surface area contributed by atoms with Gasteiger partial charge in [0.15, 0.2) is 0 Å². The van der Waals surface area contributed by atoms with Gasteiger partial charge in [-0.2, -0.15) is 0 Å². The lowest BCUT2D eigenvalue weighted by Gasteiger charge is -2.24. The molecule has 7 nitrogen and oxygen atoms in total. The molecule has 0 aliphatic rings. The van der Waals surface area contributed by atoms with Gasteiger partial charge in [-0.05, 0) is 111 Å². The fraction of sp³-hybridized carbons (Fsp3) is 0.157. The highest BCUT2D eigenvalue weighted by Gasteiger charge is 2.26. The van der Waals surface area contributed by atoms with Crippen molar-refractivity contribution in [2.45, 2.75) is 105 Å². The van der Waals surface area contributed by atoms with Crippen molar-refractivity contribution < 1.29 is 0 Å². The van der Waals surface area contributed by atoms with E-state index in [-0.39, 0.29) is 21.7 Å². The molecule has 0 aliphatic carbocycles. The minimum atomic E-state index is -0.0890. The lowest BCUT2D eigenvalue weighted by atomic mass is 9.81. The van der Waals surface area contributed by atoms with Crippen LogP contribution in [0.4, 0.5) is 0 Å². The first-order chi connectivity index (χ1) is 52.6. The average Bonchev–Trinajstić information content (AvgIpc) is 1.60. The van der Waals surface area contributed by atoms with Gasteiger partial charge in [-0.15, -0.1) is 0 Å². The van der Waals surface area contributed by atoms with Crippen molar-refractivity contribution in [1.82, 2.24) is 33.6 Å². The topological polar surface area (TPSA) is 66.3 Å². The maximum Gasteiger partial charge on any atom is 0.140 e. The minimum Gasteiger partial charge on any atom is -0.309 e. The number of aromatic nitrogens is 7. The van der Waals surface area contributed by atoms with Crippen LogP contribution in [0.15, 0.2) is 346 Å². The summed E-state index contributed by atoms with van der Waals surface area (Å²) in [6, 6.07) is 122. The second kappa shape index (κ2) is 30.0. The minimum absolute atomic E-state index is 0.0377. The van der Waals surface area contributed by atoms with Crippen LogP contribution in [0.25, 0.3) is 139 Å². The maximum absolute atomic E-state index is 5.36. The van der Waals surface area contributed by atoms with Gasteiger partial charge >= 0.3 is 0 Å². The van der Waals surface area contributed by atoms with Crippen LogP contribution in [-0.4, -0.2) is 33.6 Å². The fourth-order valence-corrected chi connectivity index (χ4v) is 14.7. The molecule has 536 valence electrons. The summed E-state index contributed by atoms with van der Waals surface area (Å²) in [5, 5.41) is 7.57. The summed E-state index contributed by atoms with van der Waals surface area (Å²) in [4.78, 5) is 19.8. The van der Waals surface area contributed by atoms with Gasteiger partial charge < -0.3 is 4.57 Å². The molecule has 0 unspecified atom stereocenters. The van der Waals surface area contributed by atoms with Crippen LogP contribution in [-0.2, 0) is 21.7 Å². The summed E-state index contributed by atoms with van der Waals surface area (Å²) in [5.41, 5.74) is 23.5. The molecule has 18 rings (SSSR count). The third-order valence-electron chi connectivity index (χ3n) is 20.4. The van der Waals surface area contributed by atoms with Gasteiger partial charge in [0.2, 0.25) is 0 Å². The zero-order chi connectivity index (χ0) is 75.6. The Labute approximate surface area is 641 Å². The fourth-order valence-electron chi connectivity index (χ4n) is 14.7. The van der Waals surface area contributed by atoms with E-state index >= 15 is 0 Å². The van der Waals surface area contributed by atoms with Crippen molar-refractivity contribution >= 4 is 65.4 Å². The van der Waals surface area contributed by atoms with Crippen LogP contribution >= 0.6 is 0 Å². The molecule has 0 atom stereocenters. The molecule has 7 heteroatoms. The molecule has 0 radical (unpaired) electrons. The van der Waals surface area contributed by atoms with Crippen LogP contribution in [0.3, 0.4) is 0 Å². The molecular weight excluding hydrogens is 1320 g/mol. The molecule has 0 spiro atoms. The van der Waals surface area contributed by atoms with Crippen molar-refractivity contribution in [3.63, 3.8) is 0 Å². The number of nitrogens with zero attached hydrogens (tertiary/aromatic N) is 7. The van der Waals surface area contributed by atoms with Gasteiger partial charge in [0, 0.05) is 65.5 Å². The number of pyridine rings is 2. The highest BCUT2D eigenvalue weighted by molar-refractivity contribution is 6.11. The van der Waals surface area contributed by atoms with Crippen LogP contribution in [0.2, 0.25) is 0 Å². The van der Waals surface area contributed by atoms with Crippen molar-refractivity contribution in [2.24, 2.45) is 0 Å². The van der Waals surface area contributed by atoms with Crippen molar-refractivity contribution in [3.8, 4) is 73.5 Å². The van der Waals surface area contributed by atoms with E-state index in [0.717, 1.165) is 62.5 Å². The Bertz CT molecular complexity index is 5710. The summed E-state index contributed by atoms with van der Waals surface area (Å²) in [6.07, 6.45) is 0. The molecule has 18 aromatic rings. The molecule has 0 amide bonds. The lowest BCUT2D eigenvalue weighted by Crippen LogP contribution is -2.16. The molecule has 0 bridgehead atoms. The highest BCUT2D eigenvalue weighted by atomic mass is 15.1. The molecule has 6 aromatic heterocycles. The van der Waals surface area contributed by atoms with Crippen LogP contribution < -0.4 is 0 Å². The Morgan fingerprint density at radius 3 is 0.817 bits per heavy atom. The quantitative estimate of drug-likeness (QED) is 0.152. The number of hydrogen-bond donors (Lipinski definition) is 0. The van der Waals surface area contributed by atoms with Gasteiger partial charge in [-0.3, -0.25) is 9.13 Å². The zero-order valence-corrected chi connectivity index (χ0v) is 64.5. The van der Waals surface area contributed by atoms with Gasteiger partial charge in [0.05, 0.1) is 61.6 Å². The van der Waals surface area contributed by atoms with Crippen molar-refractivity contribution in [3.05, 3.63) is 368 Å². The van der Waals surface area contributed by atoms with E-state index in [4.69, 9.17) is 19.9 Å². The number of benzene rings is 12. The van der Waals surface area contributed by atoms with Gasteiger partial charge in [-0.1, -0.05) is 356 Å². The summed E-state index contributed by atoms with van der Waals surface area (Å²) in [5.74, 6) is 2.75. The first-order valence-corrected chi connectivity index (χ1v) is 37.9. The van der Waals surface area contributed by atoms with E-state index in [9.17, 15) is 0 Å². The standard InChI is InChI=1S/C33H27N3.C28H25N.C21H21N.C20H20N2/c1-33(2,3)22-20-31(35-27-16-8-4-12-23(27)24-13-5-9-17-28(24)35)34-32(21-22)36-29-18-10-6-14-25(29)26-15-7-11-19-30(26)36;1-28(2,3)24-16-8-4-12-20(24)21-13-5-9-17-25(21)29-26-18-10-6-14-22(26)23-15-7-11-19-27(23)29;1-21(2,3)18-14-19(16-10-6-4-7-11-16)22-20(15-18)17-12-8-5-9-13-17;1-20(2,3)19-21-17(15-10-6-4-7-11-15)14-18(22-19)16-12-8-5-9-13-16/h4-21H,1-3H3;4-19H,1-3H3;4-15H,1-3H3;4-14H,1-3H3. The lowest BCUT2D eigenvalue weighted by molar-refractivity contribution is 0.547. The van der Waals surface area contributed by atoms with E-state index in [1.807, 2.05) is 48.5 Å². The third-order valence-corrected chi connectivity index (χ3v) is 20.4. The van der Waals surface area contributed by atoms with Crippen molar-refractivity contribution in [2.75, 3.05) is 0 Å². The van der Waals surface area contributed by atoms with E-state index in [2.05, 4.69) is 394 Å². The van der Waals surface area contributed by atoms with E-state index in [0.29, 0.717) is 0 Å². The smallest absolute Gasteiger partial charge is 0.140 e. The molecule has 0 aliphatic heterocycles. The Balaban J connectivity index is 0.000000118. The SMILES string of the molecule is CC(C)(C)c1cc(-c2ccccc2)nc(-c2ccccc2)c1.CC(C)(C)c1cc(-n2c3ccccc3c3ccccc32)nc(-n2c3ccccc3c3ccccc32)c1.CC(C)(C)c1ccccc1-c1ccccc1-n1c2ccccc2c2ccccc21.CC(C)(C)c1nc(-c2ccccc2)cc(-c2ccccc2)n1. The van der Waals surface area contributed by atoms with Gasteiger partial charge in [0.25, 0.3) is 0 Å². The molecular formula is C102H93N7. The summed E-state index contributed by atoms with van der Waals surface area (Å²) in [7, 11) is 0. The monoisotopic (exact) mass is 1420 g/mol. The molecule has 0 saturated carbocycles. The molecule has 0 saturated heterocycles. The largest absolute Gasteiger partial charge is 0.309 e. The van der Waals surface area contributed by atoms with E-state index < -0.39 is 0 Å². The van der Waals surface area contributed by atoms with Crippen molar-refractivity contribution in [1.29, 1.82) is 0 Å². The normalized spacial score (nSPS) is 11.9. The van der Waals surface area contributed by atoms with Gasteiger partial charge in [-0.25, -0.2) is 19.9 Å². The average molecular weight is 1420 g/mol. The van der Waals surface area contributed by atoms with Crippen LogP contribution in [0.1, 0.15) is 106 Å². The molecule has 0 fully saturated rings. The van der Waals surface area contributed by atoms with Gasteiger partial charge in [0.1, 0.15) is 17.5 Å². The first-order valence-electron chi connectivity index (χ1n) is 37.9. The predicted octanol–water partition coefficient (Wildman–Crippen LogP) is 27.1. The van der Waals surface area contributed by atoms with E-state index in [1.54, 1.807) is 0 Å². The second-order valence-corrected chi connectivity index (χ2v) is 32.3. The predicted molar refractivity (Wildman–Crippen MR) is 462 cm³/mol. The number of fused-ring (bicyclic) bond motifs is 9. The second-order valence-electron chi connectivity index (χ2n) is 32.3. The maximum atomic E-state index is 5.36. The molecule has 6 heterocycles. The Hall–Kier alpha value is -12.6. The summed E-state index contributed by atoms with van der Waals surface area (Å²) >= 11 is 0. The Kier molecular flexibility index (Phi) is 19.8. The third kappa shape index (κ3) is 15.0. The first kappa shape index (κ1) is 72.0. The molecule has 109 heavy (non-hydrogen) atoms. The summed E-state index contributed by atoms with van der Waals surface area (Å²) < 4.78 is 7.05. The molecule has 12 aromatic carbocycles. The number of hydrogen-bond acceptors (Lipinski definition) is 4. The van der Waals surface area contributed by atoms with Crippen LogP contribution in [0.5, 0.6) is 0 Å². The zero-order valence-electron chi connectivity index (χ0n) is 64.5. The van der Waals surface area contributed by atoms with E-state index in [1.165, 1.54) is 98.9 Å². The Morgan fingerprint density at radius 1 is 0.211 bits per heavy atom. The Morgan fingerprint density at radius 2 is 0.486 bits per heavy atom.